The van der Waals surface area contributed by atoms with Crippen molar-refractivity contribution in [3.63, 3.8) is 0 Å². The molecule has 2 saturated heterocycles. The van der Waals surface area contributed by atoms with E-state index in [-0.39, 0.29) is 36.1 Å². The summed E-state index contributed by atoms with van der Waals surface area (Å²) in [5.74, 6) is 1.66. The number of amides is 1. The second-order valence-corrected chi connectivity index (χ2v) is 9.34. The summed E-state index contributed by atoms with van der Waals surface area (Å²) in [5.41, 5.74) is -0.457. The highest BCUT2D eigenvalue weighted by molar-refractivity contribution is 14.0. The molecular weight excluding hydrogens is 493 g/mol. The molecule has 8 heteroatoms. The lowest BCUT2D eigenvalue weighted by atomic mass is 9.94. The van der Waals surface area contributed by atoms with Gasteiger partial charge in [0, 0.05) is 32.2 Å². The molecule has 30 heavy (non-hydrogen) atoms. The van der Waals surface area contributed by atoms with Crippen molar-refractivity contribution in [3.05, 3.63) is 0 Å². The quantitative estimate of drug-likeness (QED) is 0.308. The fourth-order valence-corrected chi connectivity index (χ4v) is 4.05. The van der Waals surface area contributed by atoms with Gasteiger partial charge in [0.15, 0.2) is 5.96 Å². The third-order valence-electron chi connectivity index (χ3n) is 5.72. The van der Waals surface area contributed by atoms with E-state index in [0.717, 1.165) is 50.8 Å². The second kappa shape index (κ2) is 13.6. The average Bonchev–Trinajstić information content (AvgIpc) is 2.67. The number of guanidine groups is 1. The summed E-state index contributed by atoms with van der Waals surface area (Å²) in [4.78, 5) is 21.6. The van der Waals surface area contributed by atoms with Crippen LogP contribution in [0.5, 0.6) is 0 Å². The summed E-state index contributed by atoms with van der Waals surface area (Å²) in [6.07, 6.45) is 5.54. The lowest BCUT2D eigenvalue weighted by Gasteiger charge is -2.35. The largest absolute Gasteiger partial charge is 0.444 e. The van der Waals surface area contributed by atoms with Crippen LogP contribution < -0.4 is 10.6 Å². The number of ether oxygens (including phenoxy) is 1. The highest BCUT2D eigenvalue weighted by Gasteiger charge is 2.28. The number of carbonyl (C=O) groups is 1. The predicted molar refractivity (Wildman–Crippen MR) is 135 cm³/mol. The first-order valence-corrected chi connectivity index (χ1v) is 11.6. The van der Waals surface area contributed by atoms with Gasteiger partial charge in [0.1, 0.15) is 5.60 Å². The lowest BCUT2D eigenvalue weighted by molar-refractivity contribution is 0.0193. The van der Waals surface area contributed by atoms with Crippen LogP contribution in [0.25, 0.3) is 0 Å². The molecule has 2 fully saturated rings. The van der Waals surface area contributed by atoms with Crippen molar-refractivity contribution >= 4 is 36.0 Å². The molecule has 0 aromatic heterocycles. The molecule has 2 heterocycles. The van der Waals surface area contributed by atoms with Crippen molar-refractivity contribution in [2.75, 3.05) is 45.8 Å². The SMILES string of the molecule is CCNC(=NCCC1CCN(CC)CC1)NC1CCCN(C(=O)OC(C)(C)C)C1.I. The van der Waals surface area contributed by atoms with Crippen LogP contribution in [0, 0.1) is 5.92 Å². The number of hydrogen-bond donors (Lipinski definition) is 2. The van der Waals surface area contributed by atoms with Gasteiger partial charge < -0.3 is 25.2 Å². The normalized spacial score (nSPS) is 21.7. The van der Waals surface area contributed by atoms with Gasteiger partial charge in [-0.25, -0.2) is 4.79 Å². The third-order valence-corrected chi connectivity index (χ3v) is 5.72. The fourth-order valence-electron chi connectivity index (χ4n) is 4.05. The van der Waals surface area contributed by atoms with E-state index in [1.54, 1.807) is 0 Å². The number of nitrogens with one attached hydrogen (secondary N) is 2. The first-order chi connectivity index (χ1) is 13.8. The molecule has 0 spiro atoms. The molecule has 0 saturated carbocycles. The summed E-state index contributed by atoms with van der Waals surface area (Å²) in [6, 6.07) is 0.210. The number of piperidine rings is 2. The summed E-state index contributed by atoms with van der Waals surface area (Å²) in [7, 11) is 0. The van der Waals surface area contributed by atoms with Gasteiger partial charge in [-0.05, 0) is 85.4 Å². The highest BCUT2D eigenvalue weighted by atomic mass is 127. The Morgan fingerprint density at radius 1 is 1.13 bits per heavy atom. The molecule has 0 aliphatic carbocycles. The van der Waals surface area contributed by atoms with E-state index in [1.165, 1.54) is 32.5 Å². The Bertz CT molecular complexity index is 530. The topological polar surface area (TPSA) is 69.2 Å². The molecule has 7 nitrogen and oxygen atoms in total. The Labute approximate surface area is 200 Å². The number of aliphatic imine (C=N–C) groups is 1. The number of halogens is 1. The van der Waals surface area contributed by atoms with Gasteiger partial charge in [0.2, 0.25) is 0 Å². The van der Waals surface area contributed by atoms with Crippen LogP contribution in [-0.2, 0) is 4.74 Å². The van der Waals surface area contributed by atoms with E-state index in [9.17, 15) is 4.79 Å². The average molecular weight is 538 g/mol. The van der Waals surface area contributed by atoms with E-state index < -0.39 is 5.60 Å². The highest BCUT2D eigenvalue weighted by Crippen LogP contribution is 2.20. The van der Waals surface area contributed by atoms with E-state index >= 15 is 0 Å². The van der Waals surface area contributed by atoms with Crippen LogP contribution in [0.2, 0.25) is 0 Å². The van der Waals surface area contributed by atoms with Gasteiger partial charge in [-0.3, -0.25) is 4.99 Å². The van der Waals surface area contributed by atoms with Gasteiger partial charge >= 0.3 is 6.09 Å². The minimum Gasteiger partial charge on any atom is -0.444 e. The van der Waals surface area contributed by atoms with Crippen molar-refractivity contribution in [1.29, 1.82) is 0 Å². The molecule has 1 atom stereocenters. The predicted octanol–water partition coefficient (Wildman–Crippen LogP) is 3.68. The lowest BCUT2D eigenvalue weighted by Crippen LogP contribution is -2.53. The van der Waals surface area contributed by atoms with Crippen molar-refractivity contribution in [3.8, 4) is 0 Å². The van der Waals surface area contributed by atoms with Crippen LogP contribution in [0.15, 0.2) is 4.99 Å². The Kier molecular flexibility index (Phi) is 12.4. The molecule has 2 aliphatic rings. The Morgan fingerprint density at radius 3 is 2.43 bits per heavy atom. The van der Waals surface area contributed by atoms with Gasteiger partial charge in [-0.15, -0.1) is 24.0 Å². The van der Waals surface area contributed by atoms with E-state index in [0.29, 0.717) is 6.54 Å². The molecule has 0 aromatic rings. The van der Waals surface area contributed by atoms with E-state index in [1.807, 2.05) is 25.7 Å². The smallest absolute Gasteiger partial charge is 0.410 e. The Balaban J connectivity index is 0.00000450. The zero-order chi connectivity index (χ0) is 21.3. The summed E-state index contributed by atoms with van der Waals surface area (Å²) in [5, 5.41) is 6.90. The number of rotatable bonds is 6. The first-order valence-electron chi connectivity index (χ1n) is 11.6. The molecule has 1 unspecified atom stereocenters. The van der Waals surface area contributed by atoms with Crippen LogP contribution in [-0.4, -0.2) is 79.3 Å². The van der Waals surface area contributed by atoms with Gasteiger partial charge in [0.25, 0.3) is 0 Å². The standard InChI is InChI=1S/C22H43N5O2.HI/c1-6-23-20(24-13-10-18-11-15-26(7-2)16-12-18)25-19-9-8-14-27(17-19)21(28)29-22(3,4)5;/h18-19H,6-17H2,1-5H3,(H2,23,24,25);1H. The third kappa shape index (κ3) is 10.0. The van der Waals surface area contributed by atoms with Gasteiger partial charge in [-0.1, -0.05) is 6.92 Å². The fraction of sp³-hybridized carbons (Fsp3) is 0.909. The maximum atomic E-state index is 12.4. The summed E-state index contributed by atoms with van der Waals surface area (Å²) >= 11 is 0. The van der Waals surface area contributed by atoms with Crippen molar-refractivity contribution in [2.45, 2.75) is 78.4 Å². The number of nitrogens with zero attached hydrogens (tertiary/aromatic N) is 3. The van der Waals surface area contributed by atoms with Crippen LogP contribution in [0.1, 0.15) is 66.7 Å². The Morgan fingerprint density at radius 2 is 1.83 bits per heavy atom. The molecule has 1 amide bonds. The first kappa shape index (κ1) is 27.3. The molecule has 2 rings (SSSR count). The second-order valence-electron chi connectivity index (χ2n) is 9.34. The molecule has 0 aromatic carbocycles. The molecule has 0 radical (unpaired) electrons. The Hall–Kier alpha value is -0.770. The zero-order valence-corrected chi connectivity index (χ0v) is 22.0. The molecule has 2 aliphatic heterocycles. The van der Waals surface area contributed by atoms with Crippen molar-refractivity contribution in [2.24, 2.45) is 10.9 Å². The monoisotopic (exact) mass is 537 g/mol. The molecule has 0 bridgehead atoms. The maximum absolute atomic E-state index is 12.4. The summed E-state index contributed by atoms with van der Waals surface area (Å²) < 4.78 is 5.54. The van der Waals surface area contributed by atoms with Crippen molar-refractivity contribution in [1.82, 2.24) is 20.4 Å². The maximum Gasteiger partial charge on any atom is 0.410 e. The minimum absolute atomic E-state index is 0. The molecular formula is C22H44IN5O2. The minimum atomic E-state index is -0.457. The number of hydrogen-bond acceptors (Lipinski definition) is 4. The van der Waals surface area contributed by atoms with E-state index in [2.05, 4.69) is 29.4 Å². The van der Waals surface area contributed by atoms with E-state index in [4.69, 9.17) is 9.73 Å². The van der Waals surface area contributed by atoms with Crippen LogP contribution >= 0.6 is 24.0 Å². The van der Waals surface area contributed by atoms with Crippen LogP contribution in [0.3, 0.4) is 0 Å². The number of likely N-dealkylation sites (tertiary alicyclic amines) is 2. The summed E-state index contributed by atoms with van der Waals surface area (Å²) in [6.45, 7) is 16.8. The molecule has 176 valence electrons. The number of carbonyl (C=O) groups excluding carboxylic acids is 1. The molecule has 2 N–H and O–H groups in total. The van der Waals surface area contributed by atoms with Crippen LogP contribution in [0.4, 0.5) is 4.79 Å². The van der Waals surface area contributed by atoms with Crippen molar-refractivity contribution < 1.29 is 9.53 Å². The zero-order valence-electron chi connectivity index (χ0n) is 19.7. The van der Waals surface area contributed by atoms with Gasteiger partial charge in [0.05, 0.1) is 0 Å². The van der Waals surface area contributed by atoms with Gasteiger partial charge in [-0.2, -0.15) is 0 Å².